The summed E-state index contributed by atoms with van der Waals surface area (Å²) in [4.78, 5) is 6.20. The highest BCUT2D eigenvalue weighted by Gasteiger charge is 2.22. The summed E-state index contributed by atoms with van der Waals surface area (Å²) in [5, 5.41) is 4.67. The number of hydrogen-bond donors (Lipinski definition) is 1. The van der Waals surface area contributed by atoms with Crippen molar-refractivity contribution in [2.45, 2.75) is 45.7 Å². The monoisotopic (exact) mass is 276 g/mol. The van der Waals surface area contributed by atoms with Gasteiger partial charge in [0.15, 0.2) is 0 Å². The van der Waals surface area contributed by atoms with Gasteiger partial charge in [-0.05, 0) is 31.2 Å². The predicted octanol–water partition coefficient (Wildman–Crippen LogP) is 3.85. The van der Waals surface area contributed by atoms with Gasteiger partial charge in [-0.2, -0.15) is 0 Å². The highest BCUT2D eigenvalue weighted by molar-refractivity contribution is 7.15. The average Bonchev–Trinajstić information content (AvgIpc) is 2.89. The second kappa shape index (κ2) is 5.47. The molecule has 3 rings (SSSR count). The van der Waals surface area contributed by atoms with E-state index in [1.165, 1.54) is 23.4 Å². The Morgan fingerprint density at radius 2 is 2.32 bits per heavy atom. The van der Waals surface area contributed by atoms with E-state index in [-0.39, 0.29) is 0 Å². The van der Waals surface area contributed by atoms with Gasteiger partial charge >= 0.3 is 0 Å². The van der Waals surface area contributed by atoms with E-state index < -0.39 is 0 Å². The number of hydrogen-bond acceptors (Lipinski definition) is 4. The van der Waals surface area contributed by atoms with Crippen molar-refractivity contribution < 1.29 is 4.42 Å². The van der Waals surface area contributed by atoms with Crippen LogP contribution >= 0.6 is 11.3 Å². The van der Waals surface area contributed by atoms with Crippen LogP contribution in [-0.4, -0.2) is 11.0 Å². The summed E-state index contributed by atoms with van der Waals surface area (Å²) in [5.74, 6) is 0.638. The van der Waals surface area contributed by atoms with Gasteiger partial charge in [-0.25, -0.2) is 4.98 Å². The first-order valence-electron chi connectivity index (χ1n) is 6.97. The zero-order valence-electron chi connectivity index (χ0n) is 11.5. The van der Waals surface area contributed by atoms with E-state index in [1.807, 2.05) is 6.07 Å². The van der Waals surface area contributed by atoms with E-state index in [0.717, 1.165) is 29.6 Å². The molecule has 0 radical (unpaired) electrons. The minimum Gasteiger partial charge on any atom is -0.472 e. The molecule has 0 amide bonds. The second-order valence-electron chi connectivity index (χ2n) is 5.65. The predicted molar refractivity (Wildman–Crippen MR) is 78.2 cm³/mol. The highest BCUT2D eigenvalue weighted by atomic mass is 32.1. The van der Waals surface area contributed by atoms with E-state index in [2.05, 4.69) is 19.2 Å². The standard InChI is InChI=1S/C15H20N2OS/c1-10(2)7-13-14(8-16-12-3-4-12)19-15(17-13)11-5-6-18-9-11/h5-6,9-10,12,16H,3-4,7-8H2,1-2H3. The molecule has 1 saturated carbocycles. The number of furan rings is 1. The highest BCUT2D eigenvalue weighted by Crippen LogP contribution is 2.30. The average molecular weight is 276 g/mol. The van der Waals surface area contributed by atoms with E-state index in [4.69, 9.17) is 9.40 Å². The van der Waals surface area contributed by atoms with Crippen LogP contribution in [0.3, 0.4) is 0 Å². The number of rotatable bonds is 6. The van der Waals surface area contributed by atoms with Crippen molar-refractivity contribution in [2.75, 3.05) is 0 Å². The van der Waals surface area contributed by atoms with Gasteiger partial charge in [0.2, 0.25) is 0 Å². The van der Waals surface area contributed by atoms with Crippen molar-refractivity contribution in [2.24, 2.45) is 5.92 Å². The molecule has 1 aliphatic rings. The first-order valence-corrected chi connectivity index (χ1v) is 7.78. The third kappa shape index (κ3) is 3.25. The van der Waals surface area contributed by atoms with Crippen LogP contribution in [0.15, 0.2) is 23.0 Å². The largest absolute Gasteiger partial charge is 0.472 e. The summed E-state index contributed by atoms with van der Waals surface area (Å²) in [7, 11) is 0. The molecule has 3 nitrogen and oxygen atoms in total. The summed E-state index contributed by atoms with van der Waals surface area (Å²) in [6.07, 6.45) is 7.19. The van der Waals surface area contributed by atoms with E-state index >= 15 is 0 Å². The lowest BCUT2D eigenvalue weighted by molar-refractivity contribution is 0.568. The van der Waals surface area contributed by atoms with Crippen molar-refractivity contribution in [3.8, 4) is 10.6 Å². The Bertz CT molecular complexity index is 526. The molecule has 0 bridgehead atoms. The molecule has 0 atom stereocenters. The maximum Gasteiger partial charge on any atom is 0.127 e. The fourth-order valence-corrected chi connectivity index (χ4v) is 3.13. The molecule has 2 aromatic heterocycles. The minimum atomic E-state index is 0.638. The van der Waals surface area contributed by atoms with Gasteiger partial charge in [0.05, 0.1) is 12.0 Å². The molecule has 1 aliphatic carbocycles. The molecular formula is C15H20N2OS. The number of nitrogens with one attached hydrogen (secondary N) is 1. The summed E-state index contributed by atoms with van der Waals surface area (Å²) >= 11 is 1.80. The third-order valence-electron chi connectivity index (χ3n) is 3.28. The van der Waals surface area contributed by atoms with E-state index in [0.29, 0.717) is 5.92 Å². The smallest absolute Gasteiger partial charge is 0.127 e. The maximum atomic E-state index is 5.16. The normalized spacial score (nSPS) is 15.3. The molecular weight excluding hydrogens is 256 g/mol. The lowest BCUT2D eigenvalue weighted by Crippen LogP contribution is -2.15. The van der Waals surface area contributed by atoms with Gasteiger partial charge in [-0.1, -0.05) is 13.8 Å². The van der Waals surface area contributed by atoms with Gasteiger partial charge in [0.25, 0.3) is 0 Å². The fraction of sp³-hybridized carbons (Fsp3) is 0.533. The molecule has 1 N–H and O–H groups in total. The number of aromatic nitrogens is 1. The van der Waals surface area contributed by atoms with Crippen molar-refractivity contribution >= 4 is 11.3 Å². The van der Waals surface area contributed by atoms with Crippen LogP contribution in [0.2, 0.25) is 0 Å². The molecule has 0 aromatic carbocycles. The Balaban J connectivity index is 1.81. The topological polar surface area (TPSA) is 38.1 Å². The van der Waals surface area contributed by atoms with Crippen LogP contribution in [0, 0.1) is 5.92 Å². The van der Waals surface area contributed by atoms with Gasteiger partial charge in [0.1, 0.15) is 11.3 Å². The zero-order chi connectivity index (χ0) is 13.2. The first kappa shape index (κ1) is 12.9. The molecule has 1 fully saturated rings. The van der Waals surface area contributed by atoms with Gasteiger partial charge in [-0.3, -0.25) is 0 Å². The molecule has 0 unspecified atom stereocenters. The molecule has 0 aliphatic heterocycles. The summed E-state index contributed by atoms with van der Waals surface area (Å²) in [6, 6.07) is 2.72. The Morgan fingerprint density at radius 1 is 1.47 bits per heavy atom. The molecule has 0 spiro atoms. The van der Waals surface area contributed by atoms with Crippen molar-refractivity contribution in [3.63, 3.8) is 0 Å². The first-order chi connectivity index (χ1) is 9.22. The maximum absolute atomic E-state index is 5.16. The molecule has 4 heteroatoms. The van der Waals surface area contributed by atoms with Crippen LogP contribution in [0.4, 0.5) is 0 Å². The van der Waals surface area contributed by atoms with Gasteiger partial charge < -0.3 is 9.73 Å². The molecule has 102 valence electrons. The third-order valence-corrected chi connectivity index (χ3v) is 4.42. The van der Waals surface area contributed by atoms with Crippen LogP contribution in [0.1, 0.15) is 37.3 Å². The Labute approximate surface area is 118 Å². The van der Waals surface area contributed by atoms with Crippen LogP contribution in [0.5, 0.6) is 0 Å². The Kier molecular flexibility index (Phi) is 3.71. The van der Waals surface area contributed by atoms with Crippen molar-refractivity contribution in [3.05, 3.63) is 29.2 Å². The quantitative estimate of drug-likeness (QED) is 0.870. The lowest BCUT2D eigenvalue weighted by atomic mass is 10.1. The van der Waals surface area contributed by atoms with E-state index in [1.54, 1.807) is 23.9 Å². The summed E-state index contributed by atoms with van der Waals surface area (Å²) in [6.45, 7) is 5.45. The van der Waals surface area contributed by atoms with Crippen LogP contribution in [-0.2, 0) is 13.0 Å². The van der Waals surface area contributed by atoms with Crippen molar-refractivity contribution in [1.82, 2.24) is 10.3 Å². The Morgan fingerprint density at radius 3 is 2.95 bits per heavy atom. The minimum absolute atomic E-state index is 0.638. The summed E-state index contributed by atoms with van der Waals surface area (Å²) < 4.78 is 5.16. The molecule has 2 aromatic rings. The SMILES string of the molecule is CC(C)Cc1nc(-c2ccoc2)sc1CNC1CC1. The summed E-state index contributed by atoms with van der Waals surface area (Å²) in [5.41, 5.74) is 2.34. The van der Waals surface area contributed by atoms with Crippen molar-refractivity contribution in [1.29, 1.82) is 0 Å². The fourth-order valence-electron chi connectivity index (χ4n) is 2.10. The van der Waals surface area contributed by atoms with Crippen LogP contribution < -0.4 is 5.32 Å². The van der Waals surface area contributed by atoms with E-state index in [9.17, 15) is 0 Å². The molecule has 0 saturated heterocycles. The van der Waals surface area contributed by atoms with Gasteiger partial charge in [-0.15, -0.1) is 11.3 Å². The second-order valence-corrected chi connectivity index (χ2v) is 6.74. The molecule has 19 heavy (non-hydrogen) atoms. The zero-order valence-corrected chi connectivity index (χ0v) is 12.3. The number of nitrogens with zero attached hydrogens (tertiary/aromatic N) is 1. The lowest BCUT2D eigenvalue weighted by Gasteiger charge is -2.05. The number of thiazole rings is 1. The van der Waals surface area contributed by atoms with Crippen LogP contribution in [0.25, 0.3) is 10.6 Å². The Hall–Kier alpha value is -1.13. The molecule has 2 heterocycles. The van der Waals surface area contributed by atoms with Gasteiger partial charge in [0, 0.05) is 23.0 Å².